The van der Waals surface area contributed by atoms with E-state index in [4.69, 9.17) is 11.5 Å². The minimum Gasteiger partial charge on any atom is -0.397 e. The smallest absolute Gasteiger partial charge is 0.0731 e. The van der Waals surface area contributed by atoms with Crippen LogP contribution in [-0.4, -0.2) is 24.1 Å². The zero-order valence-corrected chi connectivity index (χ0v) is 17.0. The molecule has 0 atom stereocenters. The van der Waals surface area contributed by atoms with Crippen LogP contribution >= 0.6 is 0 Å². The Labute approximate surface area is 176 Å². The molecular formula is C24H24N6. The Morgan fingerprint density at radius 2 is 1.23 bits per heavy atom. The molecule has 0 bridgehead atoms. The van der Waals surface area contributed by atoms with Crippen LogP contribution in [0.4, 0.5) is 22.7 Å². The number of anilines is 4. The topological polar surface area (TPSA) is 102 Å². The molecule has 0 spiro atoms. The first kappa shape index (κ1) is 19.3. The van der Waals surface area contributed by atoms with Gasteiger partial charge < -0.3 is 22.1 Å². The van der Waals surface area contributed by atoms with E-state index in [0.717, 1.165) is 45.0 Å². The largest absolute Gasteiger partial charge is 0.397 e. The van der Waals surface area contributed by atoms with Gasteiger partial charge >= 0.3 is 0 Å². The van der Waals surface area contributed by atoms with Crippen molar-refractivity contribution in [3.05, 3.63) is 73.1 Å². The van der Waals surface area contributed by atoms with Gasteiger partial charge in [0.25, 0.3) is 0 Å². The van der Waals surface area contributed by atoms with Gasteiger partial charge in [0.2, 0.25) is 0 Å². The summed E-state index contributed by atoms with van der Waals surface area (Å²) in [6.07, 6.45) is 3.35. The number of pyridine rings is 2. The molecule has 0 aliphatic carbocycles. The van der Waals surface area contributed by atoms with Gasteiger partial charge in [0, 0.05) is 36.6 Å². The molecular weight excluding hydrogens is 372 g/mol. The number of hydrogen-bond acceptors (Lipinski definition) is 6. The Hall–Kier alpha value is -4.06. The highest BCUT2D eigenvalue weighted by molar-refractivity contribution is 5.98. The second-order valence-electron chi connectivity index (χ2n) is 6.94. The maximum absolute atomic E-state index is 5.90. The number of nitrogens with one attached hydrogen (secondary N) is 2. The van der Waals surface area contributed by atoms with Crippen LogP contribution in [0.25, 0.3) is 33.6 Å². The molecule has 0 amide bonds. The number of nitrogen functional groups attached to an aromatic ring is 2. The number of rotatable bonds is 5. The lowest BCUT2D eigenvalue weighted by molar-refractivity contribution is 1.30. The summed E-state index contributed by atoms with van der Waals surface area (Å²) >= 11 is 0. The highest BCUT2D eigenvalue weighted by Crippen LogP contribution is 2.43. The first-order chi connectivity index (χ1) is 14.6. The molecule has 0 radical (unpaired) electrons. The van der Waals surface area contributed by atoms with E-state index in [1.807, 2.05) is 38.4 Å². The van der Waals surface area contributed by atoms with Gasteiger partial charge in [-0.25, -0.2) is 0 Å². The Balaban J connectivity index is 2.03. The molecule has 0 saturated heterocycles. The SMILES string of the molecule is CNc1ccc(-c2ccc(NC)c(-c3ccc(N)cn3)c2-c2ccc(N)cn2)cc1. The molecule has 4 rings (SSSR count). The minimum atomic E-state index is 0.621. The van der Waals surface area contributed by atoms with Gasteiger partial charge in [0.1, 0.15) is 0 Å². The molecule has 6 nitrogen and oxygen atoms in total. The maximum Gasteiger partial charge on any atom is 0.0731 e. The molecule has 150 valence electrons. The molecule has 30 heavy (non-hydrogen) atoms. The summed E-state index contributed by atoms with van der Waals surface area (Å²) in [5.74, 6) is 0. The monoisotopic (exact) mass is 396 g/mol. The lowest BCUT2D eigenvalue weighted by atomic mass is 9.90. The van der Waals surface area contributed by atoms with Crippen LogP contribution in [0.3, 0.4) is 0 Å². The predicted octanol–water partition coefficient (Wildman–Crippen LogP) is 4.73. The molecule has 2 aromatic heterocycles. The van der Waals surface area contributed by atoms with Crippen LogP contribution in [0.15, 0.2) is 73.1 Å². The van der Waals surface area contributed by atoms with Crippen LogP contribution in [0.5, 0.6) is 0 Å². The molecule has 6 N–H and O–H groups in total. The summed E-state index contributed by atoms with van der Waals surface area (Å²) < 4.78 is 0. The van der Waals surface area contributed by atoms with Crippen molar-refractivity contribution in [3.63, 3.8) is 0 Å². The second kappa shape index (κ2) is 8.13. The Kier molecular flexibility index (Phi) is 5.22. The minimum absolute atomic E-state index is 0.621. The first-order valence-corrected chi connectivity index (χ1v) is 9.67. The van der Waals surface area contributed by atoms with Crippen LogP contribution in [0.2, 0.25) is 0 Å². The zero-order chi connectivity index (χ0) is 21.1. The van der Waals surface area contributed by atoms with E-state index >= 15 is 0 Å². The van der Waals surface area contributed by atoms with E-state index in [1.54, 1.807) is 12.4 Å². The molecule has 0 saturated carbocycles. The molecule has 6 heteroatoms. The van der Waals surface area contributed by atoms with Crippen molar-refractivity contribution in [2.45, 2.75) is 0 Å². The molecule has 2 aromatic carbocycles. The lowest BCUT2D eigenvalue weighted by Crippen LogP contribution is -2.00. The summed E-state index contributed by atoms with van der Waals surface area (Å²) in [6, 6.07) is 20.1. The van der Waals surface area contributed by atoms with Crippen LogP contribution in [-0.2, 0) is 0 Å². The van der Waals surface area contributed by atoms with Crippen LogP contribution < -0.4 is 22.1 Å². The molecule has 0 fully saturated rings. The molecule has 0 unspecified atom stereocenters. The number of benzene rings is 2. The highest BCUT2D eigenvalue weighted by Gasteiger charge is 2.19. The maximum atomic E-state index is 5.90. The third-order valence-electron chi connectivity index (χ3n) is 5.04. The fraction of sp³-hybridized carbons (Fsp3) is 0.0833. The van der Waals surface area contributed by atoms with Gasteiger partial charge in [0.05, 0.1) is 35.2 Å². The van der Waals surface area contributed by atoms with Gasteiger partial charge in [-0.05, 0) is 53.6 Å². The predicted molar refractivity (Wildman–Crippen MR) is 126 cm³/mol. The van der Waals surface area contributed by atoms with Crippen LogP contribution in [0, 0.1) is 0 Å². The van der Waals surface area contributed by atoms with Crippen molar-refractivity contribution in [1.29, 1.82) is 0 Å². The Morgan fingerprint density at radius 1 is 0.633 bits per heavy atom. The number of nitrogens with two attached hydrogens (primary N) is 2. The third kappa shape index (κ3) is 3.63. The summed E-state index contributed by atoms with van der Waals surface area (Å²) in [7, 11) is 3.81. The Bertz CT molecular complexity index is 1150. The lowest BCUT2D eigenvalue weighted by Gasteiger charge is -2.19. The third-order valence-corrected chi connectivity index (χ3v) is 5.04. The van der Waals surface area contributed by atoms with Crippen LogP contribution in [0.1, 0.15) is 0 Å². The van der Waals surface area contributed by atoms with E-state index < -0.39 is 0 Å². The molecule has 4 aromatic rings. The average Bonchev–Trinajstić information content (AvgIpc) is 2.79. The normalized spacial score (nSPS) is 10.6. The van der Waals surface area contributed by atoms with Gasteiger partial charge in [-0.3, -0.25) is 9.97 Å². The van der Waals surface area contributed by atoms with Gasteiger partial charge in [0.15, 0.2) is 0 Å². The summed E-state index contributed by atoms with van der Waals surface area (Å²) in [6.45, 7) is 0. The van der Waals surface area contributed by atoms with E-state index in [2.05, 4.69) is 57.0 Å². The number of nitrogens with zero attached hydrogens (tertiary/aromatic N) is 2. The molecule has 0 aliphatic rings. The standard InChI is InChI=1S/C24H24N6/c1-27-18-7-3-15(4-8-18)19-9-12-20(28-2)24(22-11-6-17(26)14-30-22)23(19)21-10-5-16(25)13-29-21/h3-14,27-28H,25-26H2,1-2H3. The van der Waals surface area contributed by atoms with Crippen molar-refractivity contribution in [1.82, 2.24) is 9.97 Å². The Morgan fingerprint density at radius 3 is 1.73 bits per heavy atom. The van der Waals surface area contributed by atoms with E-state index in [9.17, 15) is 0 Å². The van der Waals surface area contributed by atoms with Crippen molar-refractivity contribution in [2.75, 3.05) is 36.2 Å². The van der Waals surface area contributed by atoms with Crippen molar-refractivity contribution in [2.24, 2.45) is 0 Å². The summed E-state index contributed by atoms with van der Waals surface area (Å²) in [5, 5.41) is 6.45. The quantitative estimate of drug-likeness (QED) is 0.389. The van der Waals surface area contributed by atoms with Gasteiger partial charge in [-0.1, -0.05) is 18.2 Å². The number of hydrogen-bond donors (Lipinski definition) is 4. The summed E-state index contributed by atoms with van der Waals surface area (Å²) in [5.41, 5.74) is 20.8. The number of aromatic nitrogens is 2. The van der Waals surface area contributed by atoms with Crippen molar-refractivity contribution >= 4 is 22.7 Å². The zero-order valence-electron chi connectivity index (χ0n) is 17.0. The van der Waals surface area contributed by atoms with E-state index in [-0.39, 0.29) is 0 Å². The fourth-order valence-electron chi connectivity index (χ4n) is 3.51. The summed E-state index contributed by atoms with van der Waals surface area (Å²) in [4.78, 5) is 9.23. The van der Waals surface area contributed by atoms with Crippen molar-refractivity contribution < 1.29 is 0 Å². The average molecular weight is 396 g/mol. The molecule has 2 heterocycles. The van der Waals surface area contributed by atoms with Crippen molar-refractivity contribution in [3.8, 4) is 33.6 Å². The van der Waals surface area contributed by atoms with E-state index in [0.29, 0.717) is 11.4 Å². The fourth-order valence-corrected chi connectivity index (χ4v) is 3.51. The highest BCUT2D eigenvalue weighted by atomic mass is 14.8. The van der Waals surface area contributed by atoms with Gasteiger partial charge in [-0.15, -0.1) is 0 Å². The first-order valence-electron chi connectivity index (χ1n) is 9.67. The second-order valence-corrected chi connectivity index (χ2v) is 6.94. The van der Waals surface area contributed by atoms with Gasteiger partial charge in [-0.2, -0.15) is 0 Å². The van der Waals surface area contributed by atoms with E-state index in [1.165, 1.54) is 0 Å². The molecule has 0 aliphatic heterocycles.